The molecule has 2 N–H and O–H groups in total. The van der Waals surface area contributed by atoms with E-state index in [2.05, 4.69) is 4.72 Å². The van der Waals surface area contributed by atoms with Crippen LogP contribution in [0.2, 0.25) is 10.0 Å². The number of hydrogen-bond donors (Lipinski definition) is 2. The first-order valence-electron chi connectivity index (χ1n) is 8.52. The summed E-state index contributed by atoms with van der Waals surface area (Å²) in [5.74, 6) is -1.20. The van der Waals surface area contributed by atoms with Gasteiger partial charge >= 0.3 is 5.97 Å². The molecule has 0 fully saturated rings. The standard InChI is InChI=1S/C19H19Cl2NO5S/c20-14-7-10-16(17(21)12-14)19(25)13-5-8-15(9-6-13)28(26,27)22-11-3-1-2-4-18(23)24/h5-10,12,22H,1-4,11H2,(H,23,24). The fourth-order valence-corrected chi connectivity index (χ4v) is 4.05. The average molecular weight is 444 g/mol. The van der Waals surface area contributed by atoms with Gasteiger partial charge in [0.2, 0.25) is 10.0 Å². The number of nitrogens with one attached hydrogen (secondary N) is 1. The molecule has 0 saturated heterocycles. The van der Waals surface area contributed by atoms with Crippen molar-refractivity contribution in [3.8, 4) is 0 Å². The minimum Gasteiger partial charge on any atom is -0.481 e. The number of carboxylic acid groups (broad SMARTS) is 1. The van der Waals surface area contributed by atoms with Gasteiger partial charge < -0.3 is 5.11 Å². The Hall–Kier alpha value is -1.93. The van der Waals surface area contributed by atoms with Gasteiger partial charge in [-0.1, -0.05) is 29.6 Å². The molecule has 0 saturated carbocycles. The van der Waals surface area contributed by atoms with Crippen LogP contribution in [-0.2, 0) is 14.8 Å². The van der Waals surface area contributed by atoms with Gasteiger partial charge in [-0.25, -0.2) is 13.1 Å². The van der Waals surface area contributed by atoms with Gasteiger partial charge in [0, 0.05) is 29.1 Å². The summed E-state index contributed by atoms with van der Waals surface area (Å²) in [6.45, 7) is 0.211. The Morgan fingerprint density at radius 2 is 1.64 bits per heavy atom. The Balaban J connectivity index is 1.98. The molecule has 28 heavy (non-hydrogen) atoms. The van der Waals surface area contributed by atoms with Crippen LogP contribution in [0.4, 0.5) is 0 Å². The van der Waals surface area contributed by atoms with Gasteiger partial charge in [0.1, 0.15) is 0 Å². The molecule has 6 nitrogen and oxygen atoms in total. The van der Waals surface area contributed by atoms with E-state index in [1.165, 1.54) is 36.4 Å². The maximum Gasteiger partial charge on any atom is 0.303 e. The summed E-state index contributed by atoms with van der Waals surface area (Å²) in [6.07, 6.45) is 1.73. The molecule has 0 amide bonds. The molecule has 9 heteroatoms. The number of hydrogen-bond acceptors (Lipinski definition) is 4. The van der Waals surface area contributed by atoms with Crippen molar-refractivity contribution in [2.24, 2.45) is 0 Å². The second-order valence-corrected chi connectivity index (χ2v) is 8.69. The van der Waals surface area contributed by atoms with E-state index >= 15 is 0 Å². The van der Waals surface area contributed by atoms with E-state index in [9.17, 15) is 18.0 Å². The number of carboxylic acids is 1. The highest BCUT2D eigenvalue weighted by molar-refractivity contribution is 7.89. The van der Waals surface area contributed by atoms with Crippen molar-refractivity contribution in [2.75, 3.05) is 6.54 Å². The molecule has 2 aromatic rings. The number of carbonyl (C=O) groups is 2. The van der Waals surface area contributed by atoms with Crippen molar-refractivity contribution in [3.63, 3.8) is 0 Å². The Morgan fingerprint density at radius 1 is 0.964 bits per heavy atom. The monoisotopic (exact) mass is 443 g/mol. The van der Waals surface area contributed by atoms with Crippen molar-refractivity contribution in [1.82, 2.24) is 4.72 Å². The Kier molecular flexibility index (Phi) is 8.00. The molecule has 2 aromatic carbocycles. The number of benzene rings is 2. The van der Waals surface area contributed by atoms with Crippen molar-refractivity contribution < 1.29 is 23.1 Å². The fraction of sp³-hybridized carbons (Fsp3) is 0.263. The first-order chi connectivity index (χ1) is 13.2. The third kappa shape index (κ3) is 6.31. The SMILES string of the molecule is O=C(O)CCCCCNS(=O)(=O)c1ccc(C(=O)c2ccc(Cl)cc2Cl)cc1. The van der Waals surface area contributed by atoms with Gasteiger partial charge in [0.25, 0.3) is 0 Å². The zero-order valence-electron chi connectivity index (χ0n) is 14.8. The lowest BCUT2D eigenvalue weighted by Gasteiger charge is -2.08. The van der Waals surface area contributed by atoms with Gasteiger partial charge in [-0.2, -0.15) is 0 Å². The fourth-order valence-electron chi connectivity index (χ4n) is 2.48. The highest BCUT2D eigenvalue weighted by Gasteiger charge is 2.17. The van der Waals surface area contributed by atoms with E-state index in [4.69, 9.17) is 28.3 Å². The lowest BCUT2D eigenvalue weighted by molar-refractivity contribution is -0.137. The molecule has 2 rings (SSSR count). The Labute approximate surface area is 173 Å². The molecule has 0 aromatic heterocycles. The van der Waals surface area contributed by atoms with E-state index in [-0.39, 0.29) is 34.2 Å². The molecule has 0 spiro atoms. The number of ketones is 1. The van der Waals surface area contributed by atoms with E-state index in [0.717, 1.165) is 0 Å². The zero-order chi connectivity index (χ0) is 20.7. The van der Waals surface area contributed by atoms with Crippen LogP contribution in [0.25, 0.3) is 0 Å². The van der Waals surface area contributed by atoms with E-state index < -0.39 is 16.0 Å². The Morgan fingerprint density at radius 3 is 2.25 bits per heavy atom. The predicted octanol–water partition coefficient (Wildman–Crippen LogP) is 4.15. The van der Waals surface area contributed by atoms with Crippen LogP contribution < -0.4 is 4.72 Å². The van der Waals surface area contributed by atoms with Crippen molar-refractivity contribution in [3.05, 3.63) is 63.6 Å². The van der Waals surface area contributed by atoms with Crippen LogP contribution in [0.15, 0.2) is 47.4 Å². The highest BCUT2D eigenvalue weighted by Crippen LogP contribution is 2.24. The van der Waals surface area contributed by atoms with Gasteiger partial charge in [-0.3, -0.25) is 9.59 Å². The molecule has 0 aliphatic carbocycles. The number of aliphatic carboxylic acids is 1. The summed E-state index contributed by atoms with van der Waals surface area (Å²) in [5.41, 5.74) is 0.581. The number of halogens is 2. The molecule has 0 radical (unpaired) electrons. The second-order valence-electron chi connectivity index (χ2n) is 6.08. The van der Waals surface area contributed by atoms with E-state index in [0.29, 0.717) is 29.8 Å². The first-order valence-corrected chi connectivity index (χ1v) is 10.8. The van der Waals surface area contributed by atoms with Crippen molar-refractivity contribution >= 4 is 45.0 Å². The molecule has 0 heterocycles. The minimum absolute atomic E-state index is 0.0387. The van der Waals surface area contributed by atoms with Crippen LogP contribution in [-0.4, -0.2) is 31.8 Å². The van der Waals surface area contributed by atoms with Gasteiger partial charge in [0.05, 0.1) is 9.92 Å². The van der Waals surface area contributed by atoms with Gasteiger partial charge in [-0.05, 0) is 55.3 Å². The van der Waals surface area contributed by atoms with Gasteiger partial charge in [0.15, 0.2) is 5.78 Å². The summed E-state index contributed by atoms with van der Waals surface area (Å²) in [5, 5.41) is 9.20. The summed E-state index contributed by atoms with van der Waals surface area (Å²) in [7, 11) is -3.71. The largest absolute Gasteiger partial charge is 0.481 e. The summed E-state index contributed by atoms with van der Waals surface area (Å²) < 4.78 is 27.0. The Bertz CT molecular complexity index is 959. The van der Waals surface area contributed by atoms with Gasteiger partial charge in [-0.15, -0.1) is 0 Å². The third-order valence-electron chi connectivity index (χ3n) is 3.96. The van der Waals surface area contributed by atoms with Crippen molar-refractivity contribution in [1.29, 1.82) is 0 Å². The molecular formula is C19H19Cl2NO5S. The van der Waals surface area contributed by atoms with Crippen LogP contribution in [0.5, 0.6) is 0 Å². The molecule has 150 valence electrons. The van der Waals surface area contributed by atoms with E-state index in [1.54, 1.807) is 6.07 Å². The normalized spacial score (nSPS) is 11.4. The summed E-state index contributed by atoms with van der Waals surface area (Å²) in [6, 6.07) is 10.1. The minimum atomic E-state index is -3.71. The lowest BCUT2D eigenvalue weighted by Crippen LogP contribution is -2.24. The summed E-state index contributed by atoms with van der Waals surface area (Å²) in [4.78, 5) is 23.0. The summed E-state index contributed by atoms with van der Waals surface area (Å²) >= 11 is 11.9. The van der Waals surface area contributed by atoms with Crippen LogP contribution in [0.3, 0.4) is 0 Å². The maximum atomic E-state index is 12.5. The quantitative estimate of drug-likeness (QED) is 0.424. The highest BCUT2D eigenvalue weighted by atomic mass is 35.5. The third-order valence-corrected chi connectivity index (χ3v) is 5.99. The molecular weight excluding hydrogens is 425 g/mol. The number of unbranched alkanes of at least 4 members (excludes halogenated alkanes) is 2. The number of rotatable bonds is 10. The molecule has 0 atom stereocenters. The molecule has 0 aliphatic rings. The van der Waals surface area contributed by atoms with Crippen LogP contribution >= 0.6 is 23.2 Å². The first kappa shape index (κ1) is 22.4. The molecule has 0 bridgehead atoms. The number of carbonyl (C=O) groups excluding carboxylic acids is 1. The molecule has 0 unspecified atom stereocenters. The predicted molar refractivity (Wildman–Crippen MR) is 108 cm³/mol. The van der Waals surface area contributed by atoms with E-state index in [1.807, 2.05) is 0 Å². The maximum absolute atomic E-state index is 12.5. The van der Waals surface area contributed by atoms with Crippen LogP contribution in [0, 0.1) is 0 Å². The zero-order valence-corrected chi connectivity index (χ0v) is 17.1. The topological polar surface area (TPSA) is 101 Å². The molecule has 0 aliphatic heterocycles. The van der Waals surface area contributed by atoms with Crippen molar-refractivity contribution in [2.45, 2.75) is 30.6 Å². The van der Waals surface area contributed by atoms with Crippen LogP contribution in [0.1, 0.15) is 41.6 Å². The number of sulfonamides is 1. The smallest absolute Gasteiger partial charge is 0.303 e. The average Bonchev–Trinajstić information content (AvgIpc) is 2.64. The lowest BCUT2D eigenvalue weighted by atomic mass is 10.0. The second kappa shape index (κ2) is 10.0.